The minimum Gasteiger partial charge on any atom is -0.496 e. The highest BCUT2D eigenvalue weighted by atomic mass is 19.3. The molecule has 7 heteroatoms. The monoisotopic (exact) mass is 353 g/mol. The zero-order valence-electron chi connectivity index (χ0n) is 14.3. The Balaban J connectivity index is 1.99. The predicted molar refractivity (Wildman–Crippen MR) is 89.7 cm³/mol. The Hall–Kier alpha value is -2.54. The van der Waals surface area contributed by atoms with E-state index in [1.807, 2.05) is 6.07 Å². The van der Waals surface area contributed by atoms with E-state index in [1.54, 1.807) is 39.5 Å². The van der Waals surface area contributed by atoms with E-state index in [2.05, 4.69) is 10.1 Å². The molecule has 0 atom stereocenters. The highest BCUT2D eigenvalue weighted by molar-refractivity contribution is 5.50. The zero-order chi connectivity index (χ0) is 18.2. The van der Waals surface area contributed by atoms with Gasteiger partial charge in [0.2, 0.25) is 0 Å². The molecule has 0 aromatic heterocycles. The molecule has 1 N–H and O–H groups in total. The standard InChI is InChI=1S/C18H21F2NO4/c1-22-15-9-17(24-3)16(23-2)8-13(15)11-21-10-12-4-6-14(7-5-12)25-18(19)20/h4-9,18,21H,10-11H2,1-3H3. The lowest BCUT2D eigenvalue weighted by atomic mass is 10.1. The van der Waals surface area contributed by atoms with Gasteiger partial charge in [0.25, 0.3) is 0 Å². The molecule has 0 bridgehead atoms. The van der Waals surface area contributed by atoms with Crippen LogP contribution in [0.5, 0.6) is 23.0 Å². The second-order valence-electron chi connectivity index (χ2n) is 5.15. The molecule has 0 unspecified atom stereocenters. The maximum Gasteiger partial charge on any atom is 0.387 e. The van der Waals surface area contributed by atoms with Gasteiger partial charge in [-0.25, -0.2) is 0 Å². The van der Waals surface area contributed by atoms with Crippen molar-refractivity contribution in [3.8, 4) is 23.0 Å². The highest BCUT2D eigenvalue weighted by Crippen LogP contribution is 2.34. The van der Waals surface area contributed by atoms with E-state index in [4.69, 9.17) is 14.2 Å². The summed E-state index contributed by atoms with van der Waals surface area (Å²) in [6.45, 7) is -1.72. The Labute approximate surface area is 145 Å². The molecule has 2 aromatic carbocycles. The Morgan fingerprint density at radius 2 is 1.44 bits per heavy atom. The van der Waals surface area contributed by atoms with Crippen molar-refractivity contribution in [1.82, 2.24) is 5.32 Å². The topological polar surface area (TPSA) is 49.0 Å². The third-order valence-corrected chi connectivity index (χ3v) is 3.58. The van der Waals surface area contributed by atoms with Gasteiger partial charge < -0.3 is 24.3 Å². The van der Waals surface area contributed by atoms with Crippen LogP contribution in [-0.4, -0.2) is 27.9 Å². The number of methoxy groups -OCH3 is 3. The summed E-state index contributed by atoms with van der Waals surface area (Å²) in [5.41, 5.74) is 1.86. The molecule has 0 radical (unpaired) electrons. The van der Waals surface area contributed by atoms with Gasteiger partial charge in [-0.2, -0.15) is 8.78 Å². The molecular formula is C18H21F2NO4. The van der Waals surface area contributed by atoms with Gasteiger partial charge in [0, 0.05) is 24.7 Å². The van der Waals surface area contributed by atoms with Crippen molar-refractivity contribution in [1.29, 1.82) is 0 Å². The first-order valence-electron chi connectivity index (χ1n) is 7.60. The minimum atomic E-state index is -2.82. The lowest BCUT2D eigenvalue weighted by Crippen LogP contribution is -2.13. The molecule has 0 saturated heterocycles. The van der Waals surface area contributed by atoms with Crippen LogP contribution in [-0.2, 0) is 13.1 Å². The molecule has 25 heavy (non-hydrogen) atoms. The first-order chi connectivity index (χ1) is 12.1. The Morgan fingerprint density at radius 3 is 2.00 bits per heavy atom. The number of halogens is 2. The molecule has 0 aliphatic heterocycles. The van der Waals surface area contributed by atoms with Crippen molar-refractivity contribution in [3.05, 3.63) is 47.5 Å². The first-order valence-corrected chi connectivity index (χ1v) is 7.60. The fourth-order valence-corrected chi connectivity index (χ4v) is 2.36. The summed E-state index contributed by atoms with van der Waals surface area (Å²) >= 11 is 0. The van der Waals surface area contributed by atoms with Crippen LogP contribution in [0.1, 0.15) is 11.1 Å². The van der Waals surface area contributed by atoms with Gasteiger partial charge in [0.05, 0.1) is 21.3 Å². The normalized spacial score (nSPS) is 10.6. The zero-order valence-corrected chi connectivity index (χ0v) is 14.3. The third-order valence-electron chi connectivity index (χ3n) is 3.58. The van der Waals surface area contributed by atoms with Crippen LogP contribution in [0.2, 0.25) is 0 Å². The van der Waals surface area contributed by atoms with Crippen LogP contribution < -0.4 is 24.3 Å². The summed E-state index contributed by atoms with van der Waals surface area (Å²) in [5.74, 6) is 2.04. The summed E-state index contributed by atoms with van der Waals surface area (Å²) in [7, 11) is 4.73. The Morgan fingerprint density at radius 1 is 0.840 bits per heavy atom. The van der Waals surface area contributed by atoms with Gasteiger partial charge in [-0.1, -0.05) is 12.1 Å². The van der Waals surface area contributed by atoms with Crippen molar-refractivity contribution in [3.63, 3.8) is 0 Å². The number of rotatable bonds is 9. The van der Waals surface area contributed by atoms with E-state index >= 15 is 0 Å². The minimum absolute atomic E-state index is 0.139. The van der Waals surface area contributed by atoms with Gasteiger partial charge >= 0.3 is 6.61 Å². The van der Waals surface area contributed by atoms with Crippen molar-refractivity contribution in [2.24, 2.45) is 0 Å². The number of alkyl halides is 2. The van der Waals surface area contributed by atoms with Crippen LogP contribution in [0, 0.1) is 0 Å². The summed E-state index contributed by atoms with van der Waals surface area (Å²) < 4.78 is 44.5. The lowest BCUT2D eigenvalue weighted by molar-refractivity contribution is -0.0498. The van der Waals surface area contributed by atoms with Crippen molar-refractivity contribution in [2.45, 2.75) is 19.7 Å². The summed E-state index contributed by atoms with van der Waals surface area (Å²) in [6.07, 6.45) is 0. The van der Waals surface area contributed by atoms with E-state index in [-0.39, 0.29) is 5.75 Å². The van der Waals surface area contributed by atoms with Crippen molar-refractivity contribution >= 4 is 0 Å². The molecule has 0 spiro atoms. The van der Waals surface area contributed by atoms with Crippen LogP contribution in [0.3, 0.4) is 0 Å². The number of hydrogen-bond acceptors (Lipinski definition) is 5. The Bertz CT molecular complexity index is 678. The molecule has 0 saturated carbocycles. The van der Waals surface area contributed by atoms with Crippen LogP contribution in [0.25, 0.3) is 0 Å². The first kappa shape index (κ1) is 18.8. The van der Waals surface area contributed by atoms with Gasteiger partial charge in [-0.3, -0.25) is 0 Å². The molecule has 0 heterocycles. The lowest BCUT2D eigenvalue weighted by Gasteiger charge is -2.14. The summed E-state index contributed by atoms with van der Waals surface area (Å²) in [4.78, 5) is 0. The molecule has 2 rings (SSSR count). The third kappa shape index (κ3) is 5.22. The number of ether oxygens (including phenoxy) is 4. The molecule has 5 nitrogen and oxygen atoms in total. The summed E-state index contributed by atoms with van der Waals surface area (Å²) in [6, 6.07) is 10.1. The average molecular weight is 353 g/mol. The van der Waals surface area contributed by atoms with E-state index in [9.17, 15) is 8.78 Å². The predicted octanol–water partition coefficient (Wildman–Crippen LogP) is 3.60. The quantitative estimate of drug-likeness (QED) is 0.746. The van der Waals surface area contributed by atoms with E-state index < -0.39 is 6.61 Å². The fourth-order valence-electron chi connectivity index (χ4n) is 2.36. The number of hydrogen-bond donors (Lipinski definition) is 1. The van der Waals surface area contributed by atoms with Gasteiger partial charge in [0.1, 0.15) is 11.5 Å². The van der Waals surface area contributed by atoms with Crippen LogP contribution in [0.4, 0.5) is 8.78 Å². The molecular weight excluding hydrogens is 332 g/mol. The van der Waals surface area contributed by atoms with Gasteiger partial charge in [-0.05, 0) is 23.8 Å². The van der Waals surface area contributed by atoms with E-state index in [0.717, 1.165) is 11.1 Å². The average Bonchev–Trinajstić information content (AvgIpc) is 2.62. The molecule has 0 fully saturated rings. The highest BCUT2D eigenvalue weighted by Gasteiger charge is 2.11. The van der Waals surface area contributed by atoms with Crippen molar-refractivity contribution < 1.29 is 27.7 Å². The summed E-state index contributed by atoms with van der Waals surface area (Å²) in [5, 5.41) is 3.28. The second kappa shape index (κ2) is 9.08. The molecule has 0 amide bonds. The van der Waals surface area contributed by atoms with Crippen LogP contribution in [0.15, 0.2) is 36.4 Å². The molecule has 2 aromatic rings. The molecule has 0 aliphatic rings. The molecule has 0 aliphatic carbocycles. The Kier molecular flexibility index (Phi) is 6.82. The van der Waals surface area contributed by atoms with Gasteiger partial charge in [-0.15, -0.1) is 0 Å². The fraction of sp³-hybridized carbons (Fsp3) is 0.333. The van der Waals surface area contributed by atoms with E-state index in [0.29, 0.717) is 30.3 Å². The van der Waals surface area contributed by atoms with E-state index in [1.165, 1.54) is 12.1 Å². The maximum absolute atomic E-state index is 12.1. The SMILES string of the molecule is COc1cc(OC)c(OC)cc1CNCc1ccc(OC(F)F)cc1. The smallest absolute Gasteiger partial charge is 0.387 e. The van der Waals surface area contributed by atoms with Crippen LogP contribution >= 0.6 is 0 Å². The van der Waals surface area contributed by atoms with Gasteiger partial charge in [0.15, 0.2) is 11.5 Å². The second-order valence-corrected chi connectivity index (χ2v) is 5.15. The number of nitrogens with one attached hydrogen (secondary N) is 1. The maximum atomic E-state index is 12.1. The number of benzene rings is 2. The van der Waals surface area contributed by atoms with Crippen molar-refractivity contribution in [2.75, 3.05) is 21.3 Å². The largest absolute Gasteiger partial charge is 0.496 e. The molecule has 136 valence electrons.